The van der Waals surface area contributed by atoms with Crippen molar-refractivity contribution in [2.45, 2.75) is 6.42 Å². The van der Waals surface area contributed by atoms with Gasteiger partial charge in [-0.05, 0) is 16.7 Å². The van der Waals surface area contributed by atoms with E-state index in [-0.39, 0.29) is 0 Å². The van der Waals surface area contributed by atoms with Gasteiger partial charge in [0.25, 0.3) is 0 Å². The Morgan fingerprint density at radius 1 is 1.12 bits per heavy atom. The van der Waals surface area contributed by atoms with Crippen molar-refractivity contribution in [3.63, 3.8) is 0 Å². The highest BCUT2D eigenvalue weighted by Crippen LogP contribution is 2.26. The number of rotatable bonds is 3. The van der Waals surface area contributed by atoms with Gasteiger partial charge in [-0.2, -0.15) is 10.4 Å². The summed E-state index contributed by atoms with van der Waals surface area (Å²) < 4.78 is 0. The number of nitrogens with zero attached hydrogens (tertiary/aromatic N) is 6. The van der Waals surface area contributed by atoms with Gasteiger partial charge in [-0.15, -0.1) is 31.7 Å². The first-order valence-corrected chi connectivity index (χ1v) is 5.34. The maximum absolute atomic E-state index is 3.94. The Morgan fingerprint density at radius 3 is 2.75 bits per heavy atom. The Balaban J connectivity index is 1.94. The number of thiophene rings is 1. The van der Waals surface area contributed by atoms with Crippen molar-refractivity contribution in [1.82, 2.24) is 41.2 Å². The van der Waals surface area contributed by atoms with Crippen molar-refractivity contribution in [2.24, 2.45) is 0 Å². The third-order valence-corrected chi connectivity index (χ3v) is 2.96. The van der Waals surface area contributed by atoms with E-state index in [2.05, 4.69) is 41.2 Å². The van der Waals surface area contributed by atoms with E-state index in [0.29, 0.717) is 18.1 Å². The first-order chi connectivity index (χ1) is 7.93. The zero-order valence-corrected chi connectivity index (χ0v) is 8.77. The molecular weight excluding hydrogens is 228 g/mol. The fraction of sp³-hybridized carbons (Fsp3) is 0.143. The highest BCUT2D eigenvalue weighted by molar-refractivity contribution is 7.10. The second kappa shape index (κ2) is 3.77. The lowest BCUT2D eigenvalue weighted by molar-refractivity contribution is 0.881. The average molecular weight is 234 g/mol. The minimum Gasteiger partial charge on any atom is -0.177 e. The van der Waals surface area contributed by atoms with Crippen molar-refractivity contribution in [3.05, 3.63) is 22.1 Å². The number of aromatic nitrogens is 8. The lowest BCUT2D eigenvalue weighted by atomic mass is 10.2. The van der Waals surface area contributed by atoms with E-state index in [1.54, 1.807) is 11.3 Å². The quantitative estimate of drug-likeness (QED) is 0.661. The molecule has 0 radical (unpaired) electrons. The van der Waals surface area contributed by atoms with Gasteiger partial charge in [0.2, 0.25) is 5.82 Å². The number of hydrogen-bond acceptors (Lipinski definition) is 7. The SMILES string of the molecule is c1cc(-c2nn[nH]n2)c(Cc2nn[nH]n2)s1. The van der Waals surface area contributed by atoms with Crippen LogP contribution in [-0.2, 0) is 6.42 Å². The van der Waals surface area contributed by atoms with Crippen LogP contribution in [0.2, 0.25) is 0 Å². The summed E-state index contributed by atoms with van der Waals surface area (Å²) in [5.74, 6) is 1.23. The lowest BCUT2D eigenvalue weighted by Crippen LogP contribution is -1.91. The summed E-state index contributed by atoms with van der Waals surface area (Å²) >= 11 is 1.60. The molecule has 0 spiro atoms. The number of hydrogen-bond donors (Lipinski definition) is 2. The van der Waals surface area contributed by atoms with Crippen LogP contribution >= 0.6 is 11.3 Å². The number of aromatic amines is 2. The molecule has 3 heterocycles. The van der Waals surface area contributed by atoms with Crippen molar-refractivity contribution in [2.75, 3.05) is 0 Å². The monoisotopic (exact) mass is 234 g/mol. The van der Waals surface area contributed by atoms with Gasteiger partial charge in [0, 0.05) is 16.9 Å². The molecule has 0 saturated heterocycles. The Labute approximate surface area is 93.1 Å². The predicted octanol–water partition coefficient (Wildman–Crippen LogP) is 0.0321. The van der Waals surface area contributed by atoms with Crippen LogP contribution in [0.3, 0.4) is 0 Å². The van der Waals surface area contributed by atoms with Crippen LogP contribution in [0.4, 0.5) is 0 Å². The minimum atomic E-state index is 0.583. The van der Waals surface area contributed by atoms with Gasteiger partial charge in [-0.3, -0.25) is 0 Å². The molecule has 0 aromatic carbocycles. The number of tetrazole rings is 2. The van der Waals surface area contributed by atoms with Crippen molar-refractivity contribution < 1.29 is 0 Å². The Bertz CT molecular complexity index is 553. The summed E-state index contributed by atoms with van der Waals surface area (Å²) in [4.78, 5) is 1.09. The van der Waals surface area contributed by atoms with Crippen LogP contribution in [-0.4, -0.2) is 41.2 Å². The summed E-state index contributed by atoms with van der Waals surface area (Å²) in [5, 5.41) is 29.6. The molecule has 2 N–H and O–H groups in total. The molecule has 8 nitrogen and oxygen atoms in total. The largest absolute Gasteiger partial charge is 0.205 e. The smallest absolute Gasteiger partial charge is 0.177 e. The fourth-order valence-electron chi connectivity index (χ4n) is 1.35. The van der Waals surface area contributed by atoms with Gasteiger partial charge in [0.15, 0.2) is 5.82 Å². The van der Waals surface area contributed by atoms with Gasteiger partial charge < -0.3 is 0 Å². The van der Waals surface area contributed by atoms with Gasteiger partial charge in [-0.25, -0.2) is 0 Å². The van der Waals surface area contributed by atoms with E-state index in [9.17, 15) is 0 Å². The Kier molecular flexibility index (Phi) is 2.14. The topological polar surface area (TPSA) is 109 Å². The second-order valence-electron chi connectivity index (χ2n) is 3.00. The van der Waals surface area contributed by atoms with E-state index < -0.39 is 0 Å². The van der Waals surface area contributed by atoms with Gasteiger partial charge in [0.1, 0.15) is 0 Å². The molecule has 9 heteroatoms. The van der Waals surface area contributed by atoms with E-state index in [4.69, 9.17) is 0 Å². The van der Waals surface area contributed by atoms with Crippen LogP contribution < -0.4 is 0 Å². The highest BCUT2D eigenvalue weighted by atomic mass is 32.1. The highest BCUT2D eigenvalue weighted by Gasteiger charge is 2.12. The Hall–Kier alpha value is -2.16. The standard InChI is InChI=1S/C7H6N8S/c1-2-16-5(3-6-8-12-13-9-6)4(1)7-10-14-15-11-7/h1-2H,3H2,(H,8,9,12,13)(H,10,11,14,15). The molecule has 3 aromatic heterocycles. The zero-order valence-electron chi connectivity index (χ0n) is 7.95. The molecule has 0 bridgehead atoms. The molecule has 16 heavy (non-hydrogen) atoms. The first kappa shape index (κ1) is 9.09. The first-order valence-electron chi connectivity index (χ1n) is 4.46. The molecular formula is C7H6N8S. The van der Waals surface area contributed by atoms with Crippen LogP contribution in [0, 0.1) is 0 Å². The van der Waals surface area contributed by atoms with Crippen LogP contribution in [0.1, 0.15) is 10.7 Å². The third kappa shape index (κ3) is 1.56. The van der Waals surface area contributed by atoms with E-state index >= 15 is 0 Å². The lowest BCUT2D eigenvalue weighted by Gasteiger charge is -1.94. The third-order valence-electron chi connectivity index (χ3n) is 2.04. The van der Waals surface area contributed by atoms with Gasteiger partial charge in [-0.1, -0.05) is 5.21 Å². The van der Waals surface area contributed by atoms with Gasteiger partial charge in [0.05, 0.1) is 0 Å². The summed E-state index contributed by atoms with van der Waals surface area (Å²) in [6, 6.07) is 1.95. The zero-order chi connectivity index (χ0) is 10.8. The molecule has 0 amide bonds. The second-order valence-corrected chi connectivity index (χ2v) is 4.00. The normalized spacial score (nSPS) is 10.8. The van der Waals surface area contributed by atoms with E-state index in [1.165, 1.54) is 0 Å². The van der Waals surface area contributed by atoms with Crippen LogP contribution in [0.5, 0.6) is 0 Å². The van der Waals surface area contributed by atoms with E-state index in [0.717, 1.165) is 10.4 Å². The summed E-state index contributed by atoms with van der Waals surface area (Å²) in [7, 11) is 0. The minimum absolute atomic E-state index is 0.583. The molecule has 3 aromatic rings. The molecule has 3 rings (SSSR count). The Morgan fingerprint density at radius 2 is 2.00 bits per heavy atom. The van der Waals surface area contributed by atoms with Crippen molar-refractivity contribution in [3.8, 4) is 11.4 Å². The van der Waals surface area contributed by atoms with Crippen molar-refractivity contribution in [1.29, 1.82) is 0 Å². The molecule has 0 aliphatic heterocycles. The fourth-order valence-corrected chi connectivity index (χ4v) is 2.22. The molecule has 0 aliphatic rings. The molecule has 80 valence electrons. The number of nitrogens with one attached hydrogen (secondary N) is 2. The molecule has 0 saturated carbocycles. The summed E-state index contributed by atoms with van der Waals surface area (Å²) in [6.45, 7) is 0. The maximum atomic E-state index is 3.94. The van der Waals surface area contributed by atoms with Crippen molar-refractivity contribution >= 4 is 11.3 Å². The molecule has 0 aliphatic carbocycles. The van der Waals surface area contributed by atoms with Crippen LogP contribution in [0.15, 0.2) is 11.4 Å². The van der Waals surface area contributed by atoms with E-state index in [1.807, 2.05) is 11.4 Å². The number of H-pyrrole nitrogens is 2. The molecule has 0 unspecified atom stereocenters. The molecule has 0 atom stereocenters. The van der Waals surface area contributed by atoms with Gasteiger partial charge >= 0.3 is 0 Å². The predicted molar refractivity (Wildman–Crippen MR) is 54.5 cm³/mol. The van der Waals surface area contributed by atoms with Crippen LogP contribution in [0.25, 0.3) is 11.4 Å². The summed E-state index contributed by atoms with van der Waals surface area (Å²) in [6.07, 6.45) is 0.609. The maximum Gasteiger partial charge on any atom is 0.205 e. The average Bonchev–Trinajstić information content (AvgIpc) is 2.98. The molecule has 0 fully saturated rings. The summed E-state index contributed by atoms with van der Waals surface area (Å²) in [5.41, 5.74) is 0.948.